The van der Waals surface area contributed by atoms with Crippen LogP contribution in [0.5, 0.6) is 0 Å². The number of carboxylic acids is 1. The Bertz CT molecular complexity index is 1540. The Labute approximate surface area is 266 Å². The minimum Gasteiger partial charge on any atom is -0.481 e. The highest BCUT2D eigenvalue weighted by Gasteiger charge is 2.44. The Morgan fingerprint density at radius 1 is 0.783 bits per heavy atom. The smallest absolute Gasteiger partial charge is 0.305 e. The first-order valence-corrected chi connectivity index (χ1v) is 16.4. The summed E-state index contributed by atoms with van der Waals surface area (Å²) in [4.78, 5) is 85.8. The highest BCUT2D eigenvalue weighted by atomic mass is 16.4. The number of nitrogens with zero attached hydrogens (tertiary/aromatic N) is 1. The second-order valence-corrected chi connectivity index (χ2v) is 13.2. The third-order valence-electron chi connectivity index (χ3n) is 10.0. The summed E-state index contributed by atoms with van der Waals surface area (Å²) in [5.41, 5.74) is 2.45. The maximum Gasteiger partial charge on any atom is 0.305 e. The Hall–Kier alpha value is -4.42. The van der Waals surface area contributed by atoms with E-state index in [4.69, 9.17) is 0 Å². The lowest BCUT2D eigenvalue weighted by atomic mass is 9.96. The molecule has 3 heterocycles. The van der Waals surface area contributed by atoms with Crippen LogP contribution in [0.25, 0.3) is 10.9 Å². The number of hydrogen-bond donors (Lipinski definition) is 6. The van der Waals surface area contributed by atoms with Crippen LogP contribution in [0.4, 0.5) is 0 Å². The lowest BCUT2D eigenvalue weighted by Crippen LogP contribution is -2.59. The molecule has 0 bridgehead atoms. The van der Waals surface area contributed by atoms with Crippen LogP contribution in [-0.4, -0.2) is 87.2 Å². The molecular formula is C33H42N6O7. The van der Waals surface area contributed by atoms with E-state index in [-0.39, 0.29) is 24.8 Å². The number of fused-ring (bicyclic) bond motifs is 2. The molecular weight excluding hydrogens is 592 g/mol. The first-order chi connectivity index (χ1) is 22.1. The van der Waals surface area contributed by atoms with Gasteiger partial charge in [-0.2, -0.15) is 0 Å². The lowest BCUT2D eigenvalue weighted by molar-refractivity contribution is -0.146. The SMILES string of the molecule is Cc1[nH]c2ccccc2c1C[C@@H]1NC(=O)[C@@H](C2CC2)NC(=O)[C@H](C2CCCC2)NC(=O)[C@@H]2CCCN2C(=O)[C@@H](CC(=O)O)NC1=O. The molecule has 0 unspecified atom stereocenters. The van der Waals surface area contributed by atoms with Crippen LogP contribution in [0.2, 0.25) is 0 Å². The average Bonchev–Trinajstić information content (AvgIpc) is 3.38. The minimum absolute atomic E-state index is 0.0593. The van der Waals surface area contributed by atoms with Gasteiger partial charge in [0.1, 0.15) is 30.2 Å². The summed E-state index contributed by atoms with van der Waals surface area (Å²) in [5.74, 6) is -4.43. The molecule has 6 rings (SSSR count). The molecule has 4 aliphatic rings. The van der Waals surface area contributed by atoms with Gasteiger partial charge in [-0.1, -0.05) is 31.0 Å². The van der Waals surface area contributed by atoms with Crippen LogP contribution in [0, 0.1) is 18.8 Å². The number of hydrogen-bond acceptors (Lipinski definition) is 6. The van der Waals surface area contributed by atoms with Crippen molar-refractivity contribution in [1.82, 2.24) is 31.2 Å². The number of benzene rings is 1. The van der Waals surface area contributed by atoms with Crippen molar-refractivity contribution in [2.24, 2.45) is 11.8 Å². The zero-order valence-electron chi connectivity index (χ0n) is 26.0. The monoisotopic (exact) mass is 634 g/mol. The predicted molar refractivity (Wildman–Crippen MR) is 166 cm³/mol. The highest BCUT2D eigenvalue weighted by Crippen LogP contribution is 2.34. The number of rotatable bonds is 6. The standard InChI is InChI=1S/C33H42N6O7/c1-17-21(20-9-4-5-10-22(20)34-17)15-23-29(42)36-24(16-26(40)41)33(46)39-14-6-11-25(39)30(43)37-27(18-7-2-3-8-18)32(45)38-28(19-12-13-19)31(44)35-23/h4-5,9-10,18-19,23-25,27-28,34H,2-3,6-8,11-16H2,1H3,(H,35,44)(H,36,42)(H,37,43)(H,38,45)(H,40,41)/t23-,24+,25-,27-,28+/m0/s1. The molecule has 2 aromatic rings. The van der Waals surface area contributed by atoms with Gasteiger partial charge in [0, 0.05) is 29.6 Å². The molecule has 1 aromatic heterocycles. The second kappa shape index (κ2) is 13.1. The Balaban J connectivity index is 1.38. The van der Waals surface area contributed by atoms with Gasteiger partial charge in [-0.3, -0.25) is 28.8 Å². The Morgan fingerprint density at radius 2 is 1.41 bits per heavy atom. The maximum absolute atomic E-state index is 14.0. The number of carbonyl (C=O) groups excluding carboxylic acids is 5. The summed E-state index contributed by atoms with van der Waals surface area (Å²) in [6, 6.07) is 2.21. The van der Waals surface area contributed by atoms with Crippen molar-refractivity contribution < 1.29 is 33.9 Å². The number of aromatic amines is 1. The van der Waals surface area contributed by atoms with Crippen molar-refractivity contribution in [2.75, 3.05) is 6.54 Å². The number of nitrogens with one attached hydrogen (secondary N) is 5. The third-order valence-corrected chi connectivity index (χ3v) is 10.0. The van der Waals surface area contributed by atoms with Gasteiger partial charge in [0.25, 0.3) is 0 Å². The fraction of sp³-hybridized carbons (Fsp3) is 0.576. The van der Waals surface area contributed by atoms with Crippen LogP contribution >= 0.6 is 0 Å². The van der Waals surface area contributed by atoms with Crippen LogP contribution in [-0.2, 0) is 35.2 Å². The first-order valence-electron chi connectivity index (χ1n) is 16.4. The van der Waals surface area contributed by atoms with E-state index < -0.39 is 72.1 Å². The molecule has 0 radical (unpaired) electrons. The molecule has 2 saturated carbocycles. The molecule has 13 heteroatoms. The van der Waals surface area contributed by atoms with Crippen molar-refractivity contribution in [2.45, 2.75) is 101 Å². The van der Waals surface area contributed by atoms with Crippen molar-refractivity contribution in [3.63, 3.8) is 0 Å². The third kappa shape index (κ3) is 6.59. The predicted octanol–water partition coefficient (Wildman–Crippen LogP) is 1.04. The van der Waals surface area contributed by atoms with Crippen LogP contribution in [0.3, 0.4) is 0 Å². The van der Waals surface area contributed by atoms with Crippen molar-refractivity contribution in [3.8, 4) is 0 Å². The number of aryl methyl sites for hydroxylation is 1. The molecule has 4 fully saturated rings. The molecule has 1 aromatic carbocycles. The summed E-state index contributed by atoms with van der Waals surface area (Å²) in [6.07, 6.45) is 5.01. The summed E-state index contributed by atoms with van der Waals surface area (Å²) in [5, 5.41) is 21.9. The average molecular weight is 635 g/mol. The molecule has 6 N–H and O–H groups in total. The fourth-order valence-electron chi connectivity index (χ4n) is 7.43. The number of carboxylic acid groups (broad SMARTS) is 1. The molecule has 5 amide bonds. The Morgan fingerprint density at radius 3 is 2.11 bits per heavy atom. The molecule has 5 atom stereocenters. The van der Waals surface area contributed by atoms with E-state index in [0.29, 0.717) is 12.8 Å². The van der Waals surface area contributed by atoms with E-state index >= 15 is 0 Å². The van der Waals surface area contributed by atoms with Crippen molar-refractivity contribution >= 4 is 46.4 Å². The second-order valence-electron chi connectivity index (χ2n) is 13.2. The number of carbonyl (C=O) groups is 6. The van der Waals surface area contributed by atoms with Crippen LogP contribution in [0.15, 0.2) is 24.3 Å². The topological polar surface area (TPSA) is 190 Å². The van der Waals surface area contributed by atoms with E-state index in [1.54, 1.807) is 0 Å². The molecule has 13 nitrogen and oxygen atoms in total. The van der Waals surface area contributed by atoms with E-state index in [2.05, 4.69) is 26.3 Å². The number of aromatic nitrogens is 1. The summed E-state index contributed by atoms with van der Waals surface area (Å²) in [6.45, 7) is 2.08. The van der Waals surface area contributed by atoms with E-state index in [1.807, 2.05) is 31.2 Å². The fourth-order valence-corrected chi connectivity index (χ4v) is 7.43. The quantitative estimate of drug-likeness (QED) is 0.274. The van der Waals surface area contributed by atoms with Gasteiger partial charge in [-0.25, -0.2) is 0 Å². The largest absolute Gasteiger partial charge is 0.481 e. The van der Waals surface area contributed by atoms with E-state index in [9.17, 15) is 33.9 Å². The number of H-pyrrole nitrogens is 1. The number of amides is 5. The summed E-state index contributed by atoms with van der Waals surface area (Å²) in [7, 11) is 0. The molecule has 2 aliphatic heterocycles. The van der Waals surface area contributed by atoms with Crippen molar-refractivity contribution in [3.05, 3.63) is 35.5 Å². The van der Waals surface area contributed by atoms with E-state index in [1.165, 1.54) is 4.90 Å². The van der Waals surface area contributed by atoms with Gasteiger partial charge < -0.3 is 36.3 Å². The Kier molecular flexibility index (Phi) is 9.01. The summed E-state index contributed by atoms with van der Waals surface area (Å²) >= 11 is 0. The molecule has 246 valence electrons. The first kappa shape index (κ1) is 31.6. The van der Waals surface area contributed by atoms with Gasteiger partial charge >= 0.3 is 5.97 Å². The van der Waals surface area contributed by atoms with Gasteiger partial charge in [0.2, 0.25) is 29.5 Å². The maximum atomic E-state index is 14.0. The summed E-state index contributed by atoms with van der Waals surface area (Å²) < 4.78 is 0. The number of aliphatic carboxylic acids is 1. The zero-order chi connectivity index (χ0) is 32.5. The van der Waals surface area contributed by atoms with Crippen LogP contribution < -0.4 is 21.3 Å². The van der Waals surface area contributed by atoms with Crippen LogP contribution in [0.1, 0.15) is 69.0 Å². The molecule has 2 saturated heterocycles. The lowest BCUT2D eigenvalue weighted by Gasteiger charge is -2.31. The van der Waals surface area contributed by atoms with Gasteiger partial charge in [-0.05, 0) is 68.9 Å². The molecule has 0 spiro atoms. The normalized spacial score (nSPS) is 28.6. The molecule has 2 aliphatic carbocycles. The van der Waals surface area contributed by atoms with Crippen molar-refractivity contribution in [1.29, 1.82) is 0 Å². The number of para-hydroxylation sites is 1. The van der Waals surface area contributed by atoms with Gasteiger partial charge in [0.05, 0.1) is 6.42 Å². The van der Waals surface area contributed by atoms with Gasteiger partial charge in [0.15, 0.2) is 0 Å². The molecule has 46 heavy (non-hydrogen) atoms. The minimum atomic E-state index is -1.46. The zero-order valence-corrected chi connectivity index (χ0v) is 26.0. The highest BCUT2D eigenvalue weighted by molar-refractivity contribution is 5.99. The van der Waals surface area contributed by atoms with Gasteiger partial charge in [-0.15, -0.1) is 0 Å². The van der Waals surface area contributed by atoms with E-state index in [0.717, 1.165) is 60.7 Å².